The van der Waals surface area contributed by atoms with Crippen LogP contribution in [0.3, 0.4) is 0 Å². The number of nitrogens with one attached hydrogen (secondary N) is 1. The Kier molecular flexibility index (Phi) is 28.8. The highest BCUT2D eigenvalue weighted by atomic mass is 16.3. The second-order valence-corrected chi connectivity index (χ2v) is 11.7. The van der Waals surface area contributed by atoms with E-state index in [2.05, 4.69) is 19.2 Å². The minimum Gasteiger partial charge on any atom is -0.394 e. The second kappa shape index (κ2) is 29.3. The molecule has 0 spiro atoms. The third kappa shape index (κ3) is 24.4. The van der Waals surface area contributed by atoms with Gasteiger partial charge in [0.25, 0.3) is 0 Å². The van der Waals surface area contributed by atoms with E-state index < -0.39 is 18.2 Å². The van der Waals surface area contributed by atoms with Gasteiger partial charge < -0.3 is 20.6 Å². The summed E-state index contributed by atoms with van der Waals surface area (Å²) in [6.45, 7) is 4.13. The van der Waals surface area contributed by atoms with Crippen LogP contribution in [0, 0.1) is 0 Å². The highest BCUT2D eigenvalue weighted by molar-refractivity contribution is 5.76. The Morgan fingerprint density at radius 3 is 1.26 bits per heavy atom. The number of carbonyl (C=O) groups is 1. The zero-order valence-corrected chi connectivity index (χ0v) is 25.6. The minimum atomic E-state index is -1.13. The third-order valence-corrected chi connectivity index (χ3v) is 7.96. The molecule has 0 aliphatic rings. The minimum absolute atomic E-state index is 0.149. The van der Waals surface area contributed by atoms with E-state index in [0.29, 0.717) is 12.8 Å². The Labute approximate surface area is 237 Å². The molecule has 4 N–H and O–H groups in total. The van der Waals surface area contributed by atoms with Crippen LogP contribution in [0.25, 0.3) is 0 Å². The molecular formula is C33H67NO4. The average Bonchev–Trinajstić information content (AvgIpc) is 2.92. The van der Waals surface area contributed by atoms with Crippen molar-refractivity contribution in [1.82, 2.24) is 5.32 Å². The predicted molar refractivity (Wildman–Crippen MR) is 162 cm³/mol. The molecule has 228 valence electrons. The van der Waals surface area contributed by atoms with E-state index >= 15 is 0 Å². The number of aliphatic hydroxyl groups excluding tert-OH is 3. The number of amides is 1. The lowest BCUT2D eigenvalue weighted by atomic mass is 9.99. The number of unbranched alkanes of at least 4 members (excludes halogenated alkanes) is 22. The lowest BCUT2D eigenvalue weighted by molar-refractivity contribution is -0.124. The van der Waals surface area contributed by atoms with Gasteiger partial charge in [-0.2, -0.15) is 0 Å². The summed E-state index contributed by atoms with van der Waals surface area (Å²) in [6.07, 6.45) is 29.1. The topological polar surface area (TPSA) is 89.8 Å². The Hall–Kier alpha value is -0.650. The van der Waals surface area contributed by atoms with Crippen molar-refractivity contribution in [1.29, 1.82) is 0 Å². The maximum Gasteiger partial charge on any atom is 0.220 e. The van der Waals surface area contributed by atoms with Crippen LogP contribution in [0.5, 0.6) is 0 Å². The van der Waals surface area contributed by atoms with Gasteiger partial charge >= 0.3 is 0 Å². The van der Waals surface area contributed by atoms with Gasteiger partial charge in [0.05, 0.1) is 18.8 Å². The van der Waals surface area contributed by atoms with E-state index in [1.807, 2.05) is 0 Å². The van der Waals surface area contributed by atoms with Crippen LogP contribution in [0.4, 0.5) is 0 Å². The molecule has 5 nitrogen and oxygen atoms in total. The van der Waals surface area contributed by atoms with E-state index in [9.17, 15) is 20.1 Å². The van der Waals surface area contributed by atoms with Gasteiger partial charge in [0.1, 0.15) is 6.10 Å². The van der Waals surface area contributed by atoms with E-state index in [-0.39, 0.29) is 12.5 Å². The molecule has 0 heterocycles. The smallest absolute Gasteiger partial charge is 0.220 e. The summed E-state index contributed by atoms with van der Waals surface area (Å²) >= 11 is 0. The standard InChI is InChI=1S/C33H67NO4/c1-3-5-7-9-11-13-14-15-16-17-18-19-20-21-23-25-27-31(36)33(38)30(29-35)34-32(37)28-26-24-22-12-10-8-6-4-2/h30-31,33,35-36,38H,3-29H2,1-2H3,(H,34,37)/t30-,31+,33-/m0/s1. The summed E-state index contributed by atoms with van der Waals surface area (Å²) in [7, 11) is 0. The molecule has 0 saturated carbocycles. The lowest BCUT2D eigenvalue weighted by Gasteiger charge is -2.26. The average molecular weight is 542 g/mol. The first-order valence-electron chi connectivity index (χ1n) is 16.8. The zero-order valence-electron chi connectivity index (χ0n) is 25.6. The number of rotatable bonds is 30. The maximum atomic E-state index is 12.2. The Morgan fingerprint density at radius 2 is 0.895 bits per heavy atom. The number of carbonyl (C=O) groups excluding carboxylic acids is 1. The van der Waals surface area contributed by atoms with Gasteiger partial charge in [-0.25, -0.2) is 0 Å². The third-order valence-electron chi connectivity index (χ3n) is 7.96. The van der Waals surface area contributed by atoms with Crippen molar-refractivity contribution >= 4 is 5.91 Å². The largest absolute Gasteiger partial charge is 0.394 e. The van der Waals surface area contributed by atoms with Crippen LogP contribution in [-0.2, 0) is 4.79 Å². The predicted octanol–water partition coefficient (Wildman–Crippen LogP) is 8.37. The van der Waals surface area contributed by atoms with Gasteiger partial charge in [-0.3, -0.25) is 4.79 Å². The summed E-state index contributed by atoms with van der Waals surface area (Å²) in [5.41, 5.74) is 0. The van der Waals surface area contributed by atoms with Crippen molar-refractivity contribution in [3.8, 4) is 0 Å². The Bertz CT molecular complexity index is 488. The SMILES string of the molecule is CCCCCCCCCCCCCCCCCC[C@@H](O)[C@@H](O)[C@H](CO)NC(=O)CCCCCCCCCC. The molecule has 0 radical (unpaired) electrons. The maximum absolute atomic E-state index is 12.2. The highest BCUT2D eigenvalue weighted by Gasteiger charge is 2.26. The molecule has 0 aliphatic heterocycles. The molecule has 0 aromatic heterocycles. The van der Waals surface area contributed by atoms with Crippen molar-refractivity contribution < 1.29 is 20.1 Å². The van der Waals surface area contributed by atoms with Crippen molar-refractivity contribution in [2.45, 2.75) is 199 Å². The quantitative estimate of drug-likeness (QED) is 0.0688. The zero-order chi connectivity index (χ0) is 28.1. The highest BCUT2D eigenvalue weighted by Crippen LogP contribution is 2.16. The molecule has 0 rings (SSSR count). The van der Waals surface area contributed by atoms with Crippen LogP contribution in [-0.4, -0.2) is 46.1 Å². The molecule has 0 aromatic carbocycles. The summed E-state index contributed by atoms with van der Waals surface area (Å²) in [6, 6.07) is -0.799. The second-order valence-electron chi connectivity index (χ2n) is 11.7. The van der Waals surface area contributed by atoms with Gasteiger partial charge in [0, 0.05) is 6.42 Å². The fourth-order valence-corrected chi connectivity index (χ4v) is 5.28. The van der Waals surface area contributed by atoms with E-state index in [4.69, 9.17) is 0 Å². The number of hydrogen-bond donors (Lipinski definition) is 4. The van der Waals surface area contributed by atoms with Gasteiger partial charge in [0.2, 0.25) is 5.91 Å². The van der Waals surface area contributed by atoms with E-state index in [1.165, 1.54) is 122 Å². The summed E-state index contributed by atoms with van der Waals surface area (Å²) in [5.74, 6) is -0.149. The number of aliphatic hydroxyl groups is 3. The Balaban J connectivity index is 3.66. The van der Waals surface area contributed by atoms with Crippen LogP contribution in [0.1, 0.15) is 181 Å². The van der Waals surface area contributed by atoms with E-state index in [0.717, 1.165) is 32.1 Å². The molecule has 5 heteroatoms. The normalized spacial score (nSPS) is 13.9. The molecule has 0 fully saturated rings. The first-order valence-corrected chi connectivity index (χ1v) is 16.8. The van der Waals surface area contributed by atoms with Crippen molar-refractivity contribution in [3.05, 3.63) is 0 Å². The first kappa shape index (κ1) is 37.4. The van der Waals surface area contributed by atoms with Crippen LogP contribution in [0.2, 0.25) is 0 Å². The first-order chi connectivity index (χ1) is 18.6. The molecule has 0 aliphatic carbocycles. The molecular weight excluding hydrogens is 474 g/mol. The molecule has 38 heavy (non-hydrogen) atoms. The van der Waals surface area contributed by atoms with Crippen LogP contribution < -0.4 is 5.32 Å². The Morgan fingerprint density at radius 1 is 0.553 bits per heavy atom. The molecule has 0 unspecified atom stereocenters. The van der Waals surface area contributed by atoms with Crippen LogP contribution in [0.15, 0.2) is 0 Å². The molecule has 3 atom stereocenters. The van der Waals surface area contributed by atoms with Gasteiger partial charge in [-0.1, -0.05) is 162 Å². The molecule has 1 amide bonds. The van der Waals surface area contributed by atoms with Crippen molar-refractivity contribution in [2.24, 2.45) is 0 Å². The monoisotopic (exact) mass is 542 g/mol. The van der Waals surface area contributed by atoms with Crippen molar-refractivity contribution in [3.63, 3.8) is 0 Å². The van der Waals surface area contributed by atoms with Gasteiger partial charge in [-0.15, -0.1) is 0 Å². The van der Waals surface area contributed by atoms with Crippen molar-refractivity contribution in [2.75, 3.05) is 6.61 Å². The van der Waals surface area contributed by atoms with Gasteiger partial charge in [0.15, 0.2) is 0 Å². The molecule has 0 bridgehead atoms. The van der Waals surface area contributed by atoms with Crippen LogP contribution >= 0.6 is 0 Å². The number of hydrogen-bond acceptors (Lipinski definition) is 4. The lowest BCUT2D eigenvalue weighted by Crippen LogP contribution is -2.50. The summed E-state index contributed by atoms with van der Waals surface area (Å²) < 4.78 is 0. The fraction of sp³-hybridized carbons (Fsp3) is 0.970. The fourth-order valence-electron chi connectivity index (χ4n) is 5.28. The molecule has 0 saturated heterocycles. The molecule has 0 aromatic rings. The summed E-state index contributed by atoms with van der Waals surface area (Å²) in [4.78, 5) is 12.2. The summed E-state index contributed by atoms with van der Waals surface area (Å²) in [5, 5.41) is 33.2. The van der Waals surface area contributed by atoms with Gasteiger partial charge in [-0.05, 0) is 12.8 Å². The van der Waals surface area contributed by atoms with E-state index in [1.54, 1.807) is 0 Å².